The Balaban J connectivity index is 0.000000286. The summed E-state index contributed by atoms with van der Waals surface area (Å²) in [5, 5.41) is 0. The lowest BCUT2D eigenvalue weighted by atomic mass is 9.66. The van der Waals surface area contributed by atoms with Crippen molar-refractivity contribution >= 4 is 5.57 Å². The summed E-state index contributed by atoms with van der Waals surface area (Å²) in [6.07, 6.45) is 0. The molecule has 0 saturated carbocycles. The molecule has 0 aromatic heterocycles. The van der Waals surface area contributed by atoms with Gasteiger partial charge in [0.1, 0.15) is 0 Å². The minimum absolute atomic E-state index is 0.146. The van der Waals surface area contributed by atoms with Gasteiger partial charge >= 0.3 is 0 Å². The van der Waals surface area contributed by atoms with Crippen molar-refractivity contribution in [2.45, 2.75) is 179 Å². The van der Waals surface area contributed by atoms with E-state index in [9.17, 15) is 0 Å². The molecule has 4 aromatic carbocycles. The predicted octanol–water partition coefficient (Wildman–Crippen LogP) is 15.6. The highest BCUT2D eigenvalue weighted by molar-refractivity contribution is 5.89. The van der Waals surface area contributed by atoms with E-state index in [2.05, 4.69) is 173 Å². The summed E-state index contributed by atoms with van der Waals surface area (Å²) in [7, 11) is 0. The van der Waals surface area contributed by atoms with Crippen molar-refractivity contribution in [3.63, 3.8) is 0 Å². The lowest BCUT2D eigenvalue weighted by Crippen LogP contribution is -2.25. The van der Waals surface area contributed by atoms with Crippen molar-refractivity contribution in [2.75, 3.05) is 0 Å². The molecule has 0 fully saturated rings. The third-order valence-electron chi connectivity index (χ3n) is 14.6. The van der Waals surface area contributed by atoms with Crippen molar-refractivity contribution in [3.05, 3.63) is 139 Å². The van der Waals surface area contributed by atoms with Gasteiger partial charge in [-0.15, -0.1) is 0 Å². The van der Waals surface area contributed by atoms with Crippen LogP contribution in [-0.4, -0.2) is 0 Å². The van der Waals surface area contributed by atoms with Crippen LogP contribution in [0.2, 0.25) is 0 Å². The van der Waals surface area contributed by atoms with E-state index in [-0.39, 0.29) is 5.41 Å². The molecule has 0 heteroatoms. The van der Waals surface area contributed by atoms with E-state index in [1.165, 1.54) is 134 Å². The first kappa shape index (κ1) is 44.0. The Kier molecular flexibility index (Phi) is 13.1. The van der Waals surface area contributed by atoms with Gasteiger partial charge in [0.05, 0.1) is 0 Å². The van der Waals surface area contributed by atoms with Crippen LogP contribution in [0.4, 0.5) is 0 Å². The van der Waals surface area contributed by atoms with Gasteiger partial charge in [0, 0.05) is 5.92 Å². The van der Waals surface area contributed by atoms with Gasteiger partial charge in [0.2, 0.25) is 0 Å². The Hall–Kier alpha value is -3.38. The fourth-order valence-electron chi connectivity index (χ4n) is 9.31. The van der Waals surface area contributed by atoms with Gasteiger partial charge in [-0.25, -0.2) is 0 Å². The Morgan fingerprint density at radius 1 is 0.283 bits per heavy atom. The maximum atomic E-state index is 2.41. The molecule has 0 unspecified atom stereocenters. The Morgan fingerprint density at radius 2 is 0.453 bits per heavy atom. The first-order valence-corrected chi connectivity index (χ1v) is 20.1. The van der Waals surface area contributed by atoms with Crippen molar-refractivity contribution in [2.24, 2.45) is 5.41 Å². The van der Waals surface area contributed by atoms with Crippen molar-refractivity contribution < 1.29 is 0 Å². The largest absolute Gasteiger partial charge is 0.0679 e. The molecule has 0 nitrogen and oxygen atoms in total. The molecule has 0 aliphatic heterocycles. The van der Waals surface area contributed by atoms with Crippen LogP contribution < -0.4 is 0 Å². The second kappa shape index (κ2) is 15.8. The third-order valence-corrected chi connectivity index (χ3v) is 14.6. The summed E-state index contributed by atoms with van der Waals surface area (Å²) in [5.74, 6) is 0.397. The molecule has 0 bridgehead atoms. The monoisotopic (exact) mass is 713 g/mol. The Labute approximate surface area is 328 Å². The maximum Gasteiger partial charge on any atom is 0.0149 e. The molecule has 0 spiro atoms. The molecule has 0 amide bonds. The second-order valence-corrected chi connectivity index (χ2v) is 18.3. The quantitative estimate of drug-likeness (QED) is 0.198. The molecule has 0 N–H and O–H groups in total. The van der Waals surface area contributed by atoms with Crippen LogP contribution in [0.25, 0.3) is 5.57 Å². The maximum absolute atomic E-state index is 2.41. The van der Waals surface area contributed by atoms with E-state index in [0.29, 0.717) is 5.92 Å². The van der Waals surface area contributed by atoms with Crippen molar-refractivity contribution in [1.82, 2.24) is 0 Å². The normalized spacial score (nSPS) is 11.7. The first-order chi connectivity index (χ1) is 24.2. The highest BCUT2D eigenvalue weighted by Crippen LogP contribution is 2.48. The predicted molar refractivity (Wildman–Crippen MR) is 239 cm³/mol. The summed E-state index contributed by atoms with van der Waals surface area (Å²) >= 11 is 0. The summed E-state index contributed by atoms with van der Waals surface area (Å²) in [4.78, 5) is 0. The third kappa shape index (κ3) is 7.51. The summed E-state index contributed by atoms with van der Waals surface area (Å²) in [6, 6.07) is 0. The van der Waals surface area contributed by atoms with Gasteiger partial charge in [-0.1, -0.05) is 26.3 Å². The van der Waals surface area contributed by atoms with Gasteiger partial charge in [-0.3, -0.25) is 0 Å². The lowest BCUT2D eigenvalue weighted by Gasteiger charge is -2.38. The summed E-state index contributed by atoms with van der Waals surface area (Å²) < 4.78 is 0. The smallest absolute Gasteiger partial charge is 0.0149 e. The van der Waals surface area contributed by atoms with E-state index in [0.717, 1.165) is 0 Å². The molecule has 4 rings (SSSR count). The zero-order valence-corrected chi connectivity index (χ0v) is 39.1. The minimum Gasteiger partial charge on any atom is -0.0679 e. The van der Waals surface area contributed by atoms with Gasteiger partial charge in [0.15, 0.2) is 0 Å². The molecular weight excluding hydrogens is 637 g/mol. The highest BCUT2D eigenvalue weighted by atomic mass is 14.4. The summed E-state index contributed by atoms with van der Waals surface area (Å²) in [5.41, 5.74) is 37.9. The van der Waals surface area contributed by atoms with E-state index in [4.69, 9.17) is 0 Å². The highest BCUT2D eigenvalue weighted by Gasteiger charge is 2.35. The minimum atomic E-state index is 0.146. The lowest BCUT2D eigenvalue weighted by molar-refractivity contribution is 0.354. The van der Waals surface area contributed by atoms with Gasteiger partial charge < -0.3 is 0 Å². The number of benzene rings is 4. The van der Waals surface area contributed by atoms with Crippen LogP contribution >= 0.6 is 0 Å². The summed E-state index contributed by atoms with van der Waals surface area (Å²) in [6.45, 7) is 57.6. The van der Waals surface area contributed by atoms with Crippen LogP contribution in [0.1, 0.15) is 174 Å². The molecule has 4 aromatic rings. The van der Waals surface area contributed by atoms with Crippen LogP contribution in [0.5, 0.6) is 0 Å². The number of hydrogen-bond acceptors (Lipinski definition) is 0. The molecule has 53 heavy (non-hydrogen) atoms. The van der Waals surface area contributed by atoms with Crippen LogP contribution in [0, 0.1) is 144 Å². The Bertz CT molecular complexity index is 1880. The van der Waals surface area contributed by atoms with Crippen LogP contribution in [0.15, 0.2) is 5.57 Å². The molecule has 0 saturated heterocycles. The molecule has 0 aliphatic rings. The standard InChI is InChI=1S/C27H40.C26H36/c1-14-16(3)20(7)24(21(8)17(14)4)26(27(11,12)13)25-22(9)18(5)15(2)19(6)23(25)10;1-13(2)24(25-20(9)16(5)14(3)17(6)21(25)10)26-22(11)18(7)15(4)19(8)23(26)12/h26H,1-13H3;1-12H3. The zero-order chi connectivity index (χ0) is 41.1. The number of rotatable bonds is 4. The second-order valence-electron chi connectivity index (χ2n) is 18.3. The molecule has 0 heterocycles. The van der Waals surface area contributed by atoms with Gasteiger partial charge in [-0.2, -0.15) is 0 Å². The molecule has 288 valence electrons. The number of hydrogen-bond donors (Lipinski definition) is 0. The van der Waals surface area contributed by atoms with E-state index >= 15 is 0 Å². The first-order valence-electron chi connectivity index (χ1n) is 20.1. The van der Waals surface area contributed by atoms with Crippen molar-refractivity contribution in [3.8, 4) is 0 Å². The van der Waals surface area contributed by atoms with Crippen LogP contribution in [0.3, 0.4) is 0 Å². The van der Waals surface area contributed by atoms with E-state index in [1.54, 1.807) is 11.1 Å². The van der Waals surface area contributed by atoms with E-state index < -0.39 is 0 Å². The SMILES string of the molecule is CC(C)=C(c1c(C)c(C)c(C)c(C)c1C)c1c(C)c(C)c(C)c(C)c1C.Cc1c(C)c(C)c(C(c2c(C)c(C)c(C)c(C)c2C)C(C)(C)C)c(C)c1C. The topological polar surface area (TPSA) is 0 Å². The van der Waals surface area contributed by atoms with Gasteiger partial charge in [-0.05, 0) is 297 Å². The molecule has 0 aliphatic carbocycles. The van der Waals surface area contributed by atoms with Gasteiger partial charge in [0.25, 0.3) is 0 Å². The fourth-order valence-corrected chi connectivity index (χ4v) is 9.31. The fraction of sp³-hybridized carbons (Fsp3) is 0.509. The molecule has 0 radical (unpaired) electrons. The number of allylic oxidation sites excluding steroid dienone is 1. The average Bonchev–Trinajstić information content (AvgIpc) is 3.09. The molecular formula is C53H76. The van der Waals surface area contributed by atoms with Crippen LogP contribution in [-0.2, 0) is 0 Å². The zero-order valence-electron chi connectivity index (χ0n) is 39.1. The average molecular weight is 713 g/mol. The van der Waals surface area contributed by atoms with E-state index in [1.807, 2.05) is 0 Å². The van der Waals surface area contributed by atoms with Crippen molar-refractivity contribution in [1.29, 1.82) is 0 Å². The Morgan fingerprint density at radius 3 is 0.623 bits per heavy atom. The molecule has 0 atom stereocenters.